The second-order valence-electron chi connectivity index (χ2n) is 5.39. The number of rotatable bonds is 1. The Bertz CT molecular complexity index is 420. The zero-order chi connectivity index (χ0) is 12.5. The minimum atomic E-state index is -0.420. The predicted molar refractivity (Wildman–Crippen MR) is 68.1 cm³/mol. The molecule has 1 aliphatic rings. The molecular weight excluding hydrogens is 214 g/mol. The number of hydrogen-bond donors (Lipinski definition) is 1. The van der Waals surface area contributed by atoms with Gasteiger partial charge in [-0.25, -0.2) is 0 Å². The van der Waals surface area contributed by atoms with Gasteiger partial charge in [0, 0.05) is 12.2 Å². The lowest BCUT2D eigenvalue weighted by Crippen LogP contribution is -2.30. The maximum absolute atomic E-state index is 12.1. The molecule has 3 heteroatoms. The number of ether oxygens (including phenoxy) is 1. The molecule has 1 aromatic rings. The molecule has 0 unspecified atom stereocenters. The predicted octanol–water partition coefficient (Wildman–Crippen LogP) is 2.93. The van der Waals surface area contributed by atoms with E-state index in [0.29, 0.717) is 0 Å². The van der Waals surface area contributed by atoms with Crippen LogP contribution in [0.1, 0.15) is 38.7 Å². The molecule has 1 heterocycles. The molecule has 2 rings (SSSR count). The highest BCUT2D eigenvalue weighted by Crippen LogP contribution is 2.33. The van der Waals surface area contributed by atoms with Crippen molar-refractivity contribution in [3.05, 3.63) is 29.8 Å². The van der Waals surface area contributed by atoms with Gasteiger partial charge < -0.3 is 10.1 Å². The van der Waals surface area contributed by atoms with E-state index < -0.39 is 5.60 Å². The van der Waals surface area contributed by atoms with Gasteiger partial charge in [-0.3, -0.25) is 4.79 Å². The number of anilines is 1. The van der Waals surface area contributed by atoms with E-state index in [1.54, 1.807) is 0 Å². The lowest BCUT2D eigenvalue weighted by Gasteiger charge is -2.28. The topological polar surface area (TPSA) is 38.3 Å². The van der Waals surface area contributed by atoms with Crippen molar-refractivity contribution >= 4 is 11.7 Å². The molecule has 0 amide bonds. The molecule has 0 saturated carbocycles. The first kappa shape index (κ1) is 12.0. The van der Waals surface area contributed by atoms with Crippen LogP contribution in [0.2, 0.25) is 0 Å². The number of fused-ring (bicyclic) bond motifs is 1. The van der Waals surface area contributed by atoms with Gasteiger partial charge in [0.15, 0.2) is 0 Å². The molecule has 0 bridgehead atoms. The normalized spacial score (nSPS) is 19.1. The molecule has 0 radical (unpaired) electrons. The van der Waals surface area contributed by atoms with Gasteiger partial charge in [-0.2, -0.15) is 0 Å². The fraction of sp³-hybridized carbons (Fsp3) is 0.500. The summed E-state index contributed by atoms with van der Waals surface area (Å²) < 4.78 is 5.47. The minimum Gasteiger partial charge on any atom is -0.459 e. The molecule has 17 heavy (non-hydrogen) atoms. The number of benzene rings is 1. The van der Waals surface area contributed by atoms with E-state index in [0.717, 1.165) is 24.2 Å². The van der Waals surface area contributed by atoms with Crippen molar-refractivity contribution in [2.45, 2.75) is 38.7 Å². The summed E-state index contributed by atoms with van der Waals surface area (Å²) in [6, 6.07) is 7.94. The third kappa shape index (κ3) is 2.78. The first-order valence-electron chi connectivity index (χ1n) is 6.03. The van der Waals surface area contributed by atoms with Crippen molar-refractivity contribution in [1.29, 1.82) is 0 Å². The number of carbonyl (C=O) groups is 1. The molecule has 92 valence electrons. The Morgan fingerprint density at radius 2 is 2.06 bits per heavy atom. The van der Waals surface area contributed by atoms with Gasteiger partial charge in [0.25, 0.3) is 0 Å². The van der Waals surface area contributed by atoms with Gasteiger partial charge >= 0.3 is 5.97 Å². The van der Waals surface area contributed by atoms with Crippen LogP contribution in [0, 0.1) is 0 Å². The second-order valence-corrected chi connectivity index (χ2v) is 5.39. The van der Waals surface area contributed by atoms with Crippen LogP contribution in [0.4, 0.5) is 5.69 Å². The highest BCUT2D eigenvalue weighted by atomic mass is 16.6. The van der Waals surface area contributed by atoms with Crippen molar-refractivity contribution in [3.8, 4) is 0 Å². The third-order valence-corrected chi connectivity index (χ3v) is 2.78. The Balaban J connectivity index is 2.21. The second kappa shape index (κ2) is 4.40. The van der Waals surface area contributed by atoms with Crippen LogP contribution < -0.4 is 5.32 Å². The van der Waals surface area contributed by atoms with E-state index in [2.05, 4.69) is 5.32 Å². The van der Waals surface area contributed by atoms with E-state index >= 15 is 0 Å². The van der Waals surface area contributed by atoms with Crippen molar-refractivity contribution < 1.29 is 9.53 Å². The fourth-order valence-electron chi connectivity index (χ4n) is 2.09. The largest absolute Gasteiger partial charge is 0.459 e. The van der Waals surface area contributed by atoms with Crippen LogP contribution in [0.25, 0.3) is 0 Å². The molecule has 0 aliphatic carbocycles. The Morgan fingerprint density at radius 1 is 1.35 bits per heavy atom. The molecule has 1 aliphatic heterocycles. The quantitative estimate of drug-likeness (QED) is 0.758. The van der Waals surface area contributed by atoms with Crippen LogP contribution in [0.5, 0.6) is 0 Å². The highest BCUT2D eigenvalue weighted by molar-refractivity contribution is 5.82. The van der Waals surface area contributed by atoms with Crippen LogP contribution >= 0.6 is 0 Å². The number of esters is 1. The van der Waals surface area contributed by atoms with E-state index in [-0.39, 0.29) is 11.9 Å². The summed E-state index contributed by atoms with van der Waals surface area (Å²) in [5.41, 5.74) is 1.68. The lowest BCUT2D eigenvalue weighted by atomic mass is 9.91. The highest BCUT2D eigenvalue weighted by Gasteiger charge is 2.30. The van der Waals surface area contributed by atoms with Gasteiger partial charge in [0.05, 0.1) is 5.92 Å². The molecule has 0 saturated heterocycles. The molecule has 0 aromatic heterocycles. The van der Waals surface area contributed by atoms with Gasteiger partial charge in [-0.05, 0) is 38.8 Å². The minimum absolute atomic E-state index is 0.119. The van der Waals surface area contributed by atoms with Crippen molar-refractivity contribution in [2.24, 2.45) is 0 Å². The summed E-state index contributed by atoms with van der Waals surface area (Å²) >= 11 is 0. The average Bonchev–Trinajstić information content (AvgIpc) is 2.26. The Hall–Kier alpha value is -1.51. The Morgan fingerprint density at radius 3 is 2.76 bits per heavy atom. The first-order chi connectivity index (χ1) is 7.97. The van der Waals surface area contributed by atoms with Crippen molar-refractivity contribution in [3.63, 3.8) is 0 Å². The number of carbonyl (C=O) groups excluding carboxylic acids is 1. The molecule has 0 fully saturated rings. The number of para-hydroxylation sites is 1. The fourth-order valence-corrected chi connectivity index (χ4v) is 2.09. The first-order valence-corrected chi connectivity index (χ1v) is 6.03. The van der Waals surface area contributed by atoms with E-state index in [1.807, 2.05) is 45.0 Å². The Labute approximate surface area is 102 Å². The maximum atomic E-state index is 12.1. The molecule has 1 atom stereocenters. The molecule has 1 N–H and O–H groups in total. The maximum Gasteiger partial charge on any atom is 0.314 e. The van der Waals surface area contributed by atoms with Crippen molar-refractivity contribution in [2.75, 3.05) is 11.9 Å². The van der Waals surface area contributed by atoms with Crippen LogP contribution in [-0.4, -0.2) is 18.1 Å². The number of hydrogen-bond acceptors (Lipinski definition) is 3. The summed E-state index contributed by atoms with van der Waals surface area (Å²) in [5, 5.41) is 3.30. The molecule has 0 spiro atoms. The Kier molecular flexibility index (Phi) is 3.09. The van der Waals surface area contributed by atoms with Gasteiger partial charge in [-0.15, -0.1) is 0 Å². The SMILES string of the molecule is CC(C)(C)OC(=O)[C@@H]1CCNc2ccccc21. The number of nitrogens with one attached hydrogen (secondary N) is 1. The van der Waals surface area contributed by atoms with Crippen molar-refractivity contribution in [1.82, 2.24) is 0 Å². The summed E-state index contributed by atoms with van der Waals surface area (Å²) in [6.45, 7) is 6.52. The van der Waals surface area contributed by atoms with Gasteiger partial charge in [0.2, 0.25) is 0 Å². The third-order valence-electron chi connectivity index (χ3n) is 2.78. The smallest absolute Gasteiger partial charge is 0.314 e. The monoisotopic (exact) mass is 233 g/mol. The standard InChI is InChI=1S/C14H19NO2/c1-14(2,3)17-13(16)11-8-9-15-12-7-5-4-6-10(11)12/h4-7,11,15H,8-9H2,1-3H3/t11-/m1/s1. The molecular formula is C14H19NO2. The van der Waals surface area contributed by atoms with E-state index in [4.69, 9.17) is 4.74 Å². The zero-order valence-electron chi connectivity index (χ0n) is 10.6. The lowest BCUT2D eigenvalue weighted by molar-refractivity contribution is -0.156. The summed E-state index contributed by atoms with van der Waals surface area (Å²) in [5.74, 6) is -0.252. The van der Waals surface area contributed by atoms with Crippen LogP contribution in [0.15, 0.2) is 24.3 Å². The van der Waals surface area contributed by atoms with Gasteiger partial charge in [-0.1, -0.05) is 18.2 Å². The average molecular weight is 233 g/mol. The summed E-state index contributed by atoms with van der Waals surface area (Å²) in [6.07, 6.45) is 0.798. The summed E-state index contributed by atoms with van der Waals surface area (Å²) in [4.78, 5) is 12.1. The van der Waals surface area contributed by atoms with E-state index in [1.165, 1.54) is 0 Å². The zero-order valence-corrected chi connectivity index (χ0v) is 10.6. The van der Waals surface area contributed by atoms with E-state index in [9.17, 15) is 4.79 Å². The molecule has 1 aromatic carbocycles. The van der Waals surface area contributed by atoms with Crippen LogP contribution in [-0.2, 0) is 9.53 Å². The van der Waals surface area contributed by atoms with Crippen LogP contribution in [0.3, 0.4) is 0 Å². The summed E-state index contributed by atoms with van der Waals surface area (Å²) in [7, 11) is 0. The molecule has 3 nitrogen and oxygen atoms in total. The van der Waals surface area contributed by atoms with Gasteiger partial charge in [0.1, 0.15) is 5.60 Å².